The smallest absolute Gasteiger partial charge is 0.286 e. The fourth-order valence-electron chi connectivity index (χ4n) is 2.83. The maximum Gasteiger partial charge on any atom is 0.286 e. The van der Waals surface area contributed by atoms with Crippen LogP contribution in [0.3, 0.4) is 0 Å². The maximum atomic E-state index is 12.9. The molecule has 0 atom stereocenters. The highest BCUT2D eigenvalue weighted by Crippen LogP contribution is 2.15. The Morgan fingerprint density at radius 1 is 1.17 bits per heavy atom. The quantitative estimate of drug-likeness (QED) is 0.599. The van der Waals surface area contributed by atoms with Gasteiger partial charge >= 0.3 is 0 Å². The van der Waals surface area contributed by atoms with Crippen molar-refractivity contribution in [3.8, 4) is 0 Å². The van der Waals surface area contributed by atoms with Gasteiger partial charge in [0.15, 0.2) is 0 Å². The summed E-state index contributed by atoms with van der Waals surface area (Å²) in [6, 6.07) is 5.47. The van der Waals surface area contributed by atoms with Crippen LogP contribution in [0.4, 0.5) is 10.1 Å². The van der Waals surface area contributed by atoms with Crippen LogP contribution in [-0.2, 0) is 16.0 Å². The number of morpholine rings is 1. The minimum atomic E-state index is -0.409. The van der Waals surface area contributed by atoms with E-state index in [0.717, 1.165) is 50.6 Å². The number of aryl methyl sites for hydroxylation is 1. The number of hydrogen-bond acceptors (Lipinski definition) is 7. The van der Waals surface area contributed by atoms with Gasteiger partial charge in [-0.1, -0.05) is 11.3 Å². The molecule has 29 heavy (non-hydrogen) atoms. The van der Waals surface area contributed by atoms with E-state index in [1.54, 1.807) is 0 Å². The zero-order valence-corrected chi connectivity index (χ0v) is 16.8. The SMILES string of the molecule is O=C(CCc1nnc(C(=O)Nc2ccc(F)cc2)s1)NCCCN1CCOCC1. The number of carbonyl (C=O) groups is 2. The van der Waals surface area contributed by atoms with Crippen LogP contribution in [0.2, 0.25) is 0 Å². The van der Waals surface area contributed by atoms with Gasteiger partial charge in [-0.05, 0) is 37.2 Å². The molecule has 2 heterocycles. The Morgan fingerprint density at radius 3 is 2.69 bits per heavy atom. The number of aromatic nitrogens is 2. The van der Waals surface area contributed by atoms with Crippen LogP contribution in [0.1, 0.15) is 27.7 Å². The van der Waals surface area contributed by atoms with Crippen molar-refractivity contribution in [2.24, 2.45) is 0 Å². The van der Waals surface area contributed by atoms with Gasteiger partial charge in [0.1, 0.15) is 10.8 Å². The number of benzene rings is 1. The fraction of sp³-hybridized carbons (Fsp3) is 0.474. The molecule has 2 N–H and O–H groups in total. The lowest BCUT2D eigenvalue weighted by atomic mass is 10.3. The number of hydrogen-bond donors (Lipinski definition) is 2. The first kappa shape index (κ1) is 21.3. The highest BCUT2D eigenvalue weighted by molar-refractivity contribution is 7.13. The molecule has 10 heteroatoms. The first-order chi connectivity index (χ1) is 14.1. The highest BCUT2D eigenvalue weighted by Gasteiger charge is 2.14. The first-order valence-electron chi connectivity index (χ1n) is 9.56. The fourth-order valence-corrected chi connectivity index (χ4v) is 3.56. The molecule has 2 amide bonds. The Morgan fingerprint density at radius 2 is 1.93 bits per heavy atom. The summed E-state index contributed by atoms with van der Waals surface area (Å²) in [6.07, 6.45) is 1.63. The second kappa shape index (κ2) is 10.9. The lowest BCUT2D eigenvalue weighted by molar-refractivity contribution is -0.121. The number of halogens is 1. The van der Waals surface area contributed by atoms with Crippen molar-refractivity contribution in [1.29, 1.82) is 0 Å². The van der Waals surface area contributed by atoms with E-state index >= 15 is 0 Å². The molecular formula is C19H24FN5O3S. The van der Waals surface area contributed by atoms with Gasteiger partial charge in [0.25, 0.3) is 5.91 Å². The van der Waals surface area contributed by atoms with Crippen molar-refractivity contribution < 1.29 is 18.7 Å². The normalized spacial score (nSPS) is 14.5. The highest BCUT2D eigenvalue weighted by atomic mass is 32.1. The topological polar surface area (TPSA) is 96.5 Å². The van der Waals surface area contributed by atoms with Crippen molar-refractivity contribution in [1.82, 2.24) is 20.4 Å². The molecule has 0 bridgehead atoms. The first-order valence-corrected chi connectivity index (χ1v) is 10.4. The number of carbonyl (C=O) groups excluding carboxylic acids is 2. The minimum absolute atomic E-state index is 0.0421. The van der Waals surface area contributed by atoms with Gasteiger partial charge in [-0.2, -0.15) is 0 Å². The summed E-state index contributed by atoms with van der Waals surface area (Å²) < 4.78 is 18.2. The largest absolute Gasteiger partial charge is 0.379 e. The van der Waals surface area contributed by atoms with E-state index in [-0.39, 0.29) is 16.7 Å². The van der Waals surface area contributed by atoms with E-state index in [0.29, 0.717) is 30.1 Å². The monoisotopic (exact) mass is 421 g/mol. The third kappa shape index (κ3) is 7.15. The Labute approximate surface area is 172 Å². The molecule has 3 rings (SSSR count). The van der Waals surface area contributed by atoms with Crippen LogP contribution in [0.25, 0.3) is 0 Å². The number of amides is 2. The van der Waals surface area contributed by atoms with Crippen LogP contribution in [0.5, 0.6) is 0 Å². The molecule has 1 aromatic heterocycles. The molecule has 0 spiro atoms. The lowest BCUT2D eigenvalue weighted by Crippen LogP contribution is -2.38. The summed E-state index contributed by atoms with van der Waals surface area (Å²) in [5.41, 5.74) is 0.476. The second-order valence-corrected chi connectivity index (χ2v) is 7.68. The van der Waals surface area contributed by atoms with E-state index in [1.807, 2.05) is 0 Å². The van der Waals surface area contributed by atoms with Gasteiger partial charge < -0.3 is 15.4 Å². The summed E-state index contributed by atoms with van der Waals surface area (Å²) in [4.78, 5) is 26.5. The molecular weight excluding hydrogens is 397 g/mol. The Balaban J connectivity index is 1.34. The molecule has 0 unspecified atom stereocenters. The molecule has 0 aliphatic carbocycles. The molecule has 8 nitrogen and oxygen atoms in total. The summed E-state index contributed by atoms with van der Waals surface area (Å²) in [6.45, 7) is 5.03. The third-order valence-corrected chi connectivity index (χ3v) is 5.39. The van der Waals surface area contributed by atoms with Gasteiger partial charge in [-0.25, -0.2) is 4.39 Å². The van der Waals surface area contributed by atoms with E-state index < -0.39 is 5.91 Å². The number of anilines is 1. The van der Waals surface area contributed by atoms with Crippen molar-refractivity contribution in [2.75, 3.05) is 44.7 Å². The molecule has 1 aromatic carbocycles. The van der Waals surface area contributed by atoms with Crippen LogP contribution >= 0.6 is 11.3 Å². The number of ether oxygens (including phenoxy) is 1. The predicted molar refractivity (Wildman–Crippen MR) is 107 cm³/mol. The van der Waals surface area contributed by atoms with E-state index in [2.05, 4.69) is 25.7 Å². The maximum absolute atomic E-state index is 12.9. The molecule has 1 saturated heterocycles. The van der Waals surface area contributed by atoms with Gasteiger partial charge in [0, 0.05) is 38.2 Å². The predicted octanol–water partition coefficient (Wildman–Crippen LogP) is 1.70. The summed E-state index contributed by atoms with van der Waals surface area (Å²) in [5, 5.41) is 14.2. The molecule has 0 radical (unpaired) electrons. The summed E-state index contributed by atoms with van der Waals surface area (Å²) in [7, 11) is 0. The summed E-state index contributed by atoms with van der Waals surface area (Å²) in [5.74, 6) is -0.826. The third-order valence-electron chi connectivity index (χ3n) is 4.41. The molecule has 0 saturated carbocycles. The van der Waals surface area contributed by atoms with Gasteiger partial charge in [0.05, 0.1) is 13.2 Å². The summed E-state index contributed by atoms with van der Waals surface area (Å²) >= 11 is 1.15. The standard InChI is InChI=1S/C19H24FN5O3S/c20-14-2-4-15(5-3-14)22-18(27)19-24-23-17(29-19)7-6-16(26)21-8-1-9-25-10-12-28-13-11-25/h2-5H,1,6-13H2,(H,21,26)(H,22,27). The molecule has 1 aliphatic rings. The van der Waals surface area contributed by atoms with Crippen molar-refractivity contribution in [2.45, 2.75) is 19.3 Å². The van der Waals surface area contributed by atoms with E-state index in [4.69, 9.17) is 4.74 Å². The lowest BCUT2D eigenvalue weighted by Gasteiger charge is -2.26. The molecule has 1 fully saturated rings. The van der Waals surface area contributed by atoms with Crippen LogP contribution < -0.4 is 10.6 Å². The Kier molecular flexibility index (Phi) is 8.03. The Hall–Kier alpha value is -2.43. The number of nitrogens with one attached hydrogen (secondary N) is 2. The van der Waals surface area contributed by atoms with Gasteiger partial charge in [0.2, 0.25) is 10.9 Å². The molecule has 156 valence electrons. The zero-order chi connectivity index (χ0) is 20.5. The number of rotatable bonds is 9. The zero-order valence-electron chi connectivity index (χ0n) is 16.0. The average molecular weight is 421 g/mol. The van der Waals surface area contributed by atoms with Gasteiger partial charge in [-0.3, -0.25) is 14.5 Å². The van der Waals surface area contributed by atoms with Crippen molar-refractivity contribution >= 4 is 28.8 Å². The van der Waals surface area contributed by atoms with Crippen molar-refractivity contribution in [3.63, 3.8) is 0 Å². The van der Waals surface area contributed by atoms with Crippen LogP contribution in [0, 0.1) is 5.82 Å². The van der Waals surface area contributed by atoms with Crippen LogP contribution in [-0.4, -0.2) is 66.3 Å². The minimum Gasteiger partial charge on any atom is -0.379 e. The number of nitrogens with zero attached hydrogens (tertiary/aromatic N) is 3. The molecule has 1 aliphatic heterocycles. The average Bonchev–Trinajstić information content (AvgIpc) is 3.21. The van der Waals surface area contributed by atoms with Gasteiger partial charge in [-0.15, -0.1) is 10.2 Å². The second-order valence-electron chi connectivity index (χ2n) is 6.62. The molecule has 2 aromatic rings. The Bertz CT molecular complexity index is 808. The van der Waals surface area contributed by atoms with Crippen molar-refractivity contribution in [3.05, 3.63) is 40.1 Å². The van der Waals surface area contributed by atoms with E-state index in [9.17, 15) is 14.0 Å². The van der Waals surface area contributed by atoms with Crippen LogP contribution in [0.15, 0.2) is 24.3 Å². The van der Waals surface area contributed by atoms with E-state index in [1.165, 1.54) is 24.3 Å².